The second kappa shape index (κ2) is 4.09. The molecule has 0 radical (unpaired) electrons. The van der Waals surface area contributed by atoms with Crippen molar-refractivity contribution in [2.45, 2.75) is 13.3 Å². The molecule has 0 aliphatic rings. The molecule has 2 aromatic heterocycles. The Balaban J connectivity index is 2.38. The van der Waals surface area contributed by atoms with Gasteiger partial charge in [-0.1, -0.05) is 6.92 Å². The molecule has 1 N–H and O–H groups in total. The van der Waals surface area contributed by atoms with E-state index in [1.54, 1.807) is 12.3 Å². The van der Waals surface area contributed by atoms with Crippen LogP contribution in [-0.2, 0) is 6.42 Å². The molecule has 2 aromatic rings. The van der Waals surface area contributed by atoms with Crippen LogP contribution in [-0.4, -0.2) is 30.8 Å². The van der Waals surface area contributed by atoms with Crippen molar-refractivity contribution in [1.29, 1.82) is 0 Å². The molecule has 2 rings (SSSR count). The van der Waals surface area contributed by atoms with E-state index < -0.39 is 5.97 Å². The van der Waals surface area contributed by atoms with Gasteiger partial charge in [0.1, 0.15) is 6.33 Å². The van der Waals surface area contributed by atoms with Gasteiger partial charge in [0.15, 0.2) is 11.5 Å². The zero-order chi connectivity index (χ0) is 11.5. The van der Waals surface area contributed by atoms with Crippen molar-refractivity contribution < 1.29 is 9.90 Å². The molecule has 0 saturated carbocycles. The van der Waals surface area contributed by atoms with Gasteiger partial charge >= 0.3 is 5.97 Å². The lowest BCUT2D eigenvalue weighted by Crippen LogP contribution is -2.03. The summed E-state index contributed by atoms with van der Waals surface area (Å²) in [6.07, 6.45) is 3.80. The lowest BCUT2D eigenvalue weighted by molar-refractivity contribution is 0.0690. The molecule has 6 heteroatoms. The maximum Gasteiger partial charge on any atom is 0.356 e. The van der Waals surface area contributed by atoms with Gasteiger partial charge in [0.05, 0.1) is 0 Å². The van der Waals surface area contributed by atoms with Crippen LogP contribution in [0.3, 0.4) is 0 Å². The summed E-state index contributed by atoms with van der Waals surface area (Å²) >= 11 is 0. The highest BCUT2D eigenvalue weighted by molar-refractivity contribution is 5.85. The number of carboxylic acids is 1. The summed E-state index contributed by atoms with van der Waals surface area (Å²) < 4.78 is 1.42. The van der Waals surface area contributed by atoms with Crippen LogP contribution in [0.1, 0.15) is 23.1 Å². The first-order valence-corrected chi connectivity index (χ1v) is 4.81. The van der Waals surface area contributed by atoms with E-state index in [4.69, 9.17) is 5.11 Å². The monoisotopic (exact) mass is 218 g/mol. The number of hydrogen-bond donors (Lipinski definition) is 1. The van der Waals surface area contributed by atoms with Gasteiger partial charge < -0.3 is 5.11 Å². The van der Waals surface area contributed by atoms with E-state index in [0.29, 0.717) is 5.82 Å². The van der Waals surface area contributed by atoms with Crippen LogP contribution in [0.2, 0.25) is 0 Å². The fourth-order valence-corrected chi connectivity index (χ4v) is 1.27. The van der Waals surface area contributed by atoms with E-state index in [0.717, 1.165) is 12.1 Å². The summed E-state index contributed by atoms with van der Waals surface area (Å²) in [7, 11) is 0. The predicted octanol–water partition coefficient (Wildman–Crippen LogP) is 0.923. The first kappa shape index (κ1) is 10.3. The summed E-state index contributed by atoms with van der Waals surface area (Å²) in [5.41, 5.74) is 0.883. The van der Waals surface area contributed by atoms with Crippen LogP contribution >= 0.6 is 0 Å². The molecule has 0 aliphatic heterocycles. The van der Waals surface area contributed by atoms with Crippen LogP contribution in [0, 0.1) is 0 Å². The second-order valence-corrected chi connectivity index (χ2v) is 3.17. The third-order valence-corrected chi connectivity index (χ3v) is 2.11. The zero-order valence-corrected chi connectivity index (χ0v) is 8.66. The number of nitrogens with zero attached hydrogens (tertiary/aromatic N) is 4. The largest absolute Gasteiger partial charge is 0.476 e. The summed E-state index contributed by atoms with van der Waals surface area (Å²) in [4.78, 5) is 18.7. The average molecular weight is 218 g/mol. The molecule has 0 amide bonds. The molecule has 2 heterocycles. The number of aromatic carboxylic acids is 1. The predicted molar refractivity (Wildman–Crippen MR) is 55.5 cm³/mol. The first-order chi connectivity index (χ1) is 7.70. The summed E-state index contributed by atoms with van der Waals surface area (Å²) in [6, 6.07) is 3.20. The SMILES string of the molecule is CCc1cc(-n2ccc(C(=O)O)n2)ncn1. The first-order valence-electron chi connectivity index (χ1n) is 4.81. The van der Waals surface area contributed by atoms with Gasteiger partial charge in [0.2, 0.25) is 0 Å². The molecule has 6 nitrogen and oxygen atoms in total. The van der Waals surface area contributed by atoms with E-state index in [9.17, 15) is 4.79 Å². The van der Waals surface area contributed by atoms with Crippen LogP contribution < -0.4 is 0 Å². The van der Waals surface area contributed by atoms with Gasteiger partial charge in [-0.15, -0.1) is 0 Å². The van der Waals surface area contributed by atoms with Crippen LogP contribution in [0.5, 0.6) is 0 Å². The molecular weight excluding hydrogens is 208 g/mol. The Kier molecular flexibility index (Phi) is 2.63. The number of carbonyl (C=O) groups is 1. The summed E-state index contributed by atoms with van der Waals surface area (Å²) in [5.74, 6) is -0.483. The summed E-state index contributed by atoms with van der Waals surface area (Å²) in [6.45, 7) is 1.98. The molecule has 0 unspecified atom stereocenters. The molecule has 0 aromatic carbocycles. The van der Waals surface area contributed by atoms with Crippen molar-refractivity contribution in [3.05, 3.63) is 36.0 Å². The second-order valence-electron chi connectivity index (χ2n) is 3.17. The van der Waals surface area contributed by atoms with Gasteiger partial charge in [-0.2, -0.15) is 5.10 Å². The van der Waals surface area contributed by atoms with E-state index in [1.807, 2.05) is 6.92 Å². The van der Waals surface area contributed by atoms with E-state index >= 15 is 0 Å². The summed E-state index contributed by atoms with van der Waals surface area (Å²) in [5, 5.41) is 12.6. The van der Waals surface area contributed by atoms with Gasteiger partial charge in [-0.05, 0) is 12.5 Å². The highest BCUT2D eigenvalue weighted by Crippen LogP contribution is 2.06. The molecule has 82 valence electrons. The third kappa shape index (κ3) is 1.90. The van der Waals surface area contributed by atoms with Gasteiger partial charge in [-0.25, -0.2) is 19.4 Å². The Hall–Kier alpha value is -2.24. The molecular formula is C10H10N4O2. The minimum absolute atomic E-state index is 0.00309. The van der Waals surface area contributed by atoms with Crippen LogP contribution in [0.15, 0.2) is 24.7 Å². The zero-order valence-electron chi connectivity index (χ0n) is 8.66. The Labute approximate surface area is 91.6 Å². The van der Waals surface area contributed by atoms with Crippen molar-refractivity contribution in [1.82, 2.24) is 19.7 Å². The minimum Gasteiger partial charge on any atom is -0.476 e. The smallest absolute Gasteiger partial charge is 0.356 e. The number of aromatic nitrogens is 4. The molecule has 0 fully saturated rings. The Bertz CT molecular complexity index is 521. The van der Waals surface area contributed by atoms with Gasteiger partial charge in [0, 0.05) is 18.0 Å². The highest BCUT2D eigenvalue weighted by atomic mass is 16.4. The lowest BCUT2D eigenvalue weighted by atomic mass is 10.3. The van der Waals surface area contributed by atoms with Gasteiger partial charge in [0.25, 0.3) is 0 Å². The topological polar surface area (TPSA) is 80.9 Å². The maximum atomic E-state index is 10.7. The molecule has 0 bridgehead atoms. The number of carboxylic acid groups (broad SMARTS) is 1. The van der Waals surface area contributed by atoms with Crippen LogP contribution in [0.25, 0.3) is 5.82 Å². The van der Waals surface area contributed by atoms with Crippen molar-refractivity contribution in [2.24, 2.45) is 0 Å². The Morgan fingerprint density at radius 1 is 1.50 bits per heavy atom. The maximum absolute atomic E-state index is 10.7. The fourth-order valence-electron chi connectivity index (χ4n) is 1.27. The molecule has 0 saturated heterocycles. The molecule has 0 atom stereocenters. The minimum atomic E-state index is -1.05. The van der Waals surface area contributed by atoms with E-state index in [-0.39, 0.29) is 5.69 Å². The Morgan fingerprint density at radius 3 is 2.94 bits per heavy atom. The average Bonchev–Trinajstić information content (AvgIpc) is 2.78. The van der Waals surface area contributed by atoms with Crippen molar-refractivity contribution in [2.75, 3.05) is 0 Å². The van der Waals surface area contributed by atoms with Crippen molar-refractivity contribution in [3.63, 3.8) is 0 Å². The quantitative estimate of drug-likeness (QED) is 0.828. The highest BCUT2D eigenvalue weighted by Gasteiger charge is 2.08. The normalized spacial score (nSPS) is 10.3. The van der Waals surface area contributed by atoms with E-state index in [1.165, 1.54) is 17.1 Å². The van der Waals surface area contributed by atoms with E-state index in [2.05, 4.69) is 15.1 Å². The Morgan fingerprint density at radius 2 is 2.31 bits per heavy atom. The molecule has 0 spiro atoms. The number of aryl methyl sites for hydroxylation is 1. The molecule has 0 aliphatic carbocycles. The van der Waals surface area contributed by atoms with Gasteiger partial charge in [-0.3, -0.25) is 0 Å². The standard InChI is InChI=1S/C10H10N4O2/c1-2-7-5-9(12-6-11-7)14-4-3-8(13-14)10(15)16/h3-6H,2H2,1H3,(H,15,16). The number of rotatable bonds is 3. The number of hydrogen-bond acceptors (Lipinski definition) is 4. The molecule has 16 heavy (non-hydrogen) atoms. The van der Waals surface area contributed by atoms with Crippen molar-refractivity contribution >= 4 is 5.97 Å². The lowest BCUT2D eigenvalue weighted by Gasteiger charge is -2.01. The van der Waals surface area contributed by atoms with Crippen LogP contribution in [0.4, 0.5) is 0 Å². The third-order valence-electron chi connectivity index (χ3n) is 2.11. The van der Waals surface area contributed by atoms with Crippen molar-refractivity contribution in [3.8, 4) is 5.82 Å². The fraction of sp³-hybridized carbons (Fsp3) is 0.200.